The Morgan fingerprint density at radius 2 is 1.83 bits per heavy atom. The molecule has 3 heterocycles. The van der Waals surface area contributed by atoms with Crippen molar-refractivity contribution < 1.29 is 4.79 Å². The Labute approximate surface area is 175 Å². The zero-order valence-corrected chi connectivity index (χ0v) is 17.3. The van der Waals surface area contributed by atoms with Gasteiger partial charge < -0.3 is 4.90 Å². The number of nitrogens with zero attached hydrogens (tertiary/aromatic N) is 5. The molecule has 1 saturated carbocycles. The van der Waals surface area contributed by atoms with Crippen LogP contribution in [0.25, 0.3) is 5.65 Å². The molecule has 5 rings (SSSR count). The monoisotopic (exact) mass is 405 g/mol. The van der Waals surface area contributed by atoms with Crippen molar-refractivity contribution in [1.29, 1.82) is 0 Å². The summed E-state index contributed by atoms with van der Waals surface area (Å²) in [5, 5.41) is 4.52. The molecule has 7 heteroatoms. The van der Waals surface area contributed by atoms with Crippen molar-refractivity contribution in [2.45, 2.75) is 26.3 Å². The largest absolute Gasteiger partial charge is 0.369 e. The molecule has 1 aliphatic heterocycles. The van der Waals surface area contributed by atoms with E-state index in [1.807, 2.05) is 36.4 Å². The van der Waals surface area contributed by atoms with Crippen molar-refractivity contribution in [3.63, 3.8) is 0 Å². The number of rotatable bonds is 6. The van der Waals surface area contributed by atoms with Gasteiger partial charge in [-0.2, -0.15) is 0 Å². The van der Waals surface area contributed by atoms with Crippen molar-refractivity contribution >= 4 is 17.1 Å². The minimum atomic E-state index is -0.0490. The van der Waals surface area contributed by atoms with Gasteiger partial charge in [-0.1, -0.05) is 18.2 Å². The number of anilines is 1. The summed E-state index contributed by atoms with van der Waals surface area (Å²) >= 11 is 0. The number of pyridine rings is 1. The van der Waals surface area contributed by atoms with E-state index in [9.17, 15) is 9.59 Å². The summed E-state index contributed by atoms with van der Waals surface area (Å²) in [6.07, 6.45) is 4.07. The second kappa shape index (κ2) is 7.40. The number of aromatic nitrogens is 3. The Bertz CT molecular complexity index is 1140. The minimum absolute atomic E-state index is 0.0490. The minimum Gasteiger partial charge on any atom is -0.369 e. The van der Waals surface area contributed by atoms with Crippen LogP contribution in [-0.2, 0) is 6.54 Å². The number of benzene rings is 1. The number of ketones is 1. The maximum atomic E-state index is 12.6. The average molecular weight is 406 g/mol. The van der Waals surface area contributed by atoms with Crippen LogP contribution in [0.15, 0.2) is 53.5 Å². The molecule has 0 amide bonds. The maximum Gasteiger partial charge on any atom is 0.350 e. The van der Waals surface area contributed by atoms with E-state index in [1.165, 1.54) is 0 Å². The van der Waals surface area contributed by atoms with Crippen molar-refractivity contribution in [1.82, 2.24) is 19.1 Å². The van der Waals surface area contributed by atoms with E-state index in [-0.39, 0.29) is 16.9 Å². The van der Waals surface area contributed by atoms with Gasteiger partial charge in [0.25, 0.3) is 0 Å². The van der Waals surface area contributed by atoms with Gasteiger partial charge in [0, 0.05) is 55.6 Å². The van der Waals surface area contributed by atoms with Crippen LogP contribution in [0, 0.1) is 5.41 Å². The number of piperazine rings is 1. The zero-order valence-electron chi connectivity index (χ0n) is 17.3. The smallest absolute Gasteiger partial charge is 0.350 e. The number of carbonyl (C=O) groups is 1. The third-order valence-electron chi connectivity index (χ3n) is 6.48. The molecule has 0 bridgehead atoms. The Morgan fingerprint density at radius 1 is 1.03 bits per heavy atom. The maximum absolute atomic E-state index is 12.6. The van der Waals surface area contributed by atoms with Gasteiger partial charge >= 0.3 is 5.69 Å². The van der Waals surface area contributed by atoms with Gasteiger partial charge in [0.05, 0.1) is 6.54 Å². The predicted molar refractivity (Wildman–Crippen MR) is 116 cm³/mol. The highest BCUT2D eigenvalue weighted by Gasteiger charge is 2.45. The Kier molecular flexibility index (Phi) is 4.70. The molecular formula is C23H27N5O2. The second-order valence-corrected chi connectivity index (χ2v) is 8.74. The summed E-state index contributed by atoms with van der Waals surface area (Å²) in [4.78, 5) is 29.2. The van der Waals surface area contributed by atoms with Crippen LogP contribution in [-0.4, -0.2) is 57.6 Å². The molecule has 156 valence electrons. The lowest BCUT2D eigenvalue weighted by Gasteiger charge is -2.37. The number of Topliss-reactive ketones (excluding diaryl/α,β-unsaturated/α-hetero) is 1. The lowest BCUT2D eigenvalue weighted by atomic mass is 10.1. The van der Waals surface area contributed by atoms with E-state index in [4.69, 9.17) is 0 Å². The molecule has 1 aromatic carbocycles. The summed E-state index contributed by atoms with van der Waals surface area (Å²) in [5.74, 6) is 0.105. The van der Waals surface area contributed by atoms with Crippen molar-refractivity contribution in [3.8, 4) is 0 Å². The molecule has 2 aliphatic rings. The first-order chi connectivity index (χ1) is 14.5. The molecule has 1 saturated heterocycles. The molecule has 0 radical (unpaired) electrons. The summed E-state index contributed by atoms with van der Waals surface area (Å²) in [6.45, 7) is 7.19. The third-order valence-corrected chi connectivity index (χ3v) is 6.48. The molecular weight excluding hydrogens is 378 g/mol. The first-order valence-electron chi connectivity index (χ1n) is 10.7. The molecule has 0 atom stereocenters. The standard InChI is InChI=1S/C23H27N5O2/c1-18(29)19-5-4-6-20(15-19)26-13-11-25(12-14-26)16-23(8-9-23)17-28-22(30)27-10-3-2-7-21(27)24-28/h2-7,10,15H,8-9,11-14,16-17H2,1H3. The highest BCUT2D eigenvalue weighted by molar-refractivity contribution is 5.95. The van der Waals surface area contributed by atoms with Gasteiger partial charge in [-0.05, 0) is 44.0 Å². The van der Waals surface area contributed by atoms with Gasteiger partial charge in [-0.15, -0.1) is 5.10 Å². The topological polar surface area (TPSA) is 62.9 Å². The fourth-order valence-electron chi connectivity index (χ4n) is 4.49. The first kappa shape index (κ1) is 19.1. The third kappa shape index (κ3) is 3.65. The fourth-order valence-corrected chi connectivity index (χ4v) is 4.49. The number of fused-ring (bicyclic) bond motifs is 1. The fraction of sp³-hybridized carbons (Fsp3) is 0.435. The molecule has 0 unspecified atom stereocenters. The molecule has 2 aromatic heterocycles. The van der Waals surface area contributed by atoms with Gasteiger partial charge in [-0.3, -0.25) is 14.1 Å². The van der Waals surface area contributed by atoms with E-state index in [0.29, 0.717) is 12.2 Å². The van der Waals surface area contributed by atoms with Crippen molar-refractivity contribution in [2.24, 2.45) is 5.41 Å². The average Bonchev–Trinajstić information content (AvgIpc) is 3.45. The molecule has 0 N–H and O–H groups in total. The van der Waals surface area contributed by atoms with E-state index < -0.39 is 0 Å². The van der Waals surface area contributed by atoms with Crippen molar-refractivity contribution in [3.05, 3.63) is 64.7 Å². The highest BCUT2D eigenvalue weighted by Crippen LogP contribution is 2.47. The molecule has 2 fully saturated rings. The van der Waals surface area contributed by atoms with E-state index >= 15 is 0 Å². The number of hydrogen-bond donors (Lipinski definition) is 0. The molecule has 1 aliphatic carbocycles. The molecule has 0 spiro atoms. The quantitative estimate of drug-likeness (QED) is 0.589. The Balaban J connectivity index is 1.22. The normalized spacial score (nSPS) is 18.6. The lowest BCUT2D eigenvalue weighted by Crippen LogP contribution is -2.48. The number of carbonyl (C=O) groups excluding carboxylic acids is 1. The van der Waals surface area contributed by atoms with E-state index in [0.717, 1.165) is 56.8 Å². The SMILES string of the molecule is CC(=O)c1cccc(N2CCN(CC3(Cn4nc5ccccn5c4=O)CC3)CC2)c1. The van der Waals surface area contributed by atoms with Gasteiger partial charge in [-0.25, -0.2) is 9.48 Å². The lowest BCUT2D eigenvalue weighted by molar-refractivity contribution is 0.101. The van der Waals surface area contributed by atoms with Crippen LogP contribution in [0.3, 0.4) is 0 Å². The van der Waals surface area contributed by atoms with E-state index in [1.54, 1.807) is 22.2 Å². The van der Waals surface area contributed by atoms with Crippen molar-refractivity contribution in [2.75, 3.05) is 37.6 Å². The highest BCUT2D eigenvalue weighted by atomic mass is 16.2. The van der Waals surface area contributed by atoms with Crippen LogP contribution in [0.2, 0.25) is 0 Å². The zero-order chi connectivity index (χ0) is 20.7. The van der Waals surface area contributed by atoms with Gasteiger partial charge in [0.2, 0.25) is 0 Å². The second-order valence-electron chi connectivity index (χ2n) is 8.74. The van der Waals surface area contributed by atoms with Crippen LogP contribution in [0.5, 0.6) is 0 Å². The van der Waals surface area contributed by atoms with Crippen LogP contribution in [0.4, 0.5) is 5.69 Å². The van der Waals surface area contributed by atoms with Gasteiger partial charge in [0.15, 0.2) is 11.4 Å². The van der Waals surface area contributed by atoms with Crippen LogP contribution < -0.4 is 10.6 Å². The van der Waals surface area contributed by atoms with Crippen LogP contribution in [0.1, 0.15) is 30.1 Å². The van der Waals surface area contributed by atoms with E-state index in [2.05, 4.69) is 21.0 Å². The molecule has 7 nitrogen and oxygen atoms in total. The summed E-state index contributed by atoms with van der Waals surface area (Å²) in [7, 11) is 0. The summed E-state index contributed by atoms with van der Waals surface area (Å²) in [5.41, 5.74) is 2.72. The Hall–Kier alpha value is -2.93. The van der Waals surface area contributed by atoms with Gasteiger partial charge in [0.1, 0.15) is 0 Å². The number of hydrogen-bond acceptors (Lipinski definition) is 5. The molecule has 30 heavy (non-hydrogen) atoms. The summed E-state index contributed by atoms with van der Waals surface area (Å²) < 4.78 is 3.26. The van der Waals surface area contributed by atoms with Crippen LogP contribution >= 0.6 is 0 Å². The summed E-state index contributed by atoms with van der Waals surface area (Å²) in [6, 6.07) is 13.6. The first-order valence-corrected chi connectivity index (χ1v) is 10.7. The predicted octanol–water partition coefficient (Wildman–Crippen LogP) is 2.30. The molecule has 3 aromatic rings. The Morgan fingerprint density at radius 3 is 2.53 bits per heavy atom.